The van der Waals surface area contributed by atoms with Gasteiger partial charge in [-0.3, -0.25) is 14.5 Å². The third kappa shape index (κ3) is 4.14. The van der Waals surface area contributed by atoms with E-state index in [1.165, 1.54) is 5.56 Å². The highest BCUT2D eigenvalue weighted by atomic mass is 16.1. The van der Waals surface area contributed by atoms with Gasteiger partial charge in [-0.25, -0.2) is 0 Å². The molecule has 1 aliphatic rings. The molecule has 21 heavy (non-hydrogen) atoms. The van der Waals surface area contributed by atoms with Crippen molar-refractivity contribution >= 4 is 11.7 Å². The standard InChI is InChI=1S/C17H24N2O2/c1-12(2)13-5-7-14(8-6-13)16(20)11-19-9-3-4-15(10-19)17(18)21/h5-8,12,15H,3-4,9-11H2,1-2H3,(H2,18,21). The van der Waals surface area contributed by atoms with Gasteiger partial charge in [0.1, 0.15) is 0 Å². The number of primary amides is 1. The minimum Gasteiger partial charge on any atom is -0.369 e. The lowest BCUT2D eigenvalue weighted by atomic mass is 9.96. The zero-order chi connectivity index (χ0) is 15.4. The predicted molar refractivity (Wildman–Crippen MR) is 83.2 cm³/mol. The van der Waals surface area contributed by atoms with E-state index in [1.807, 2.05) is 29.2 Å². The third-order valence-corrected chi connectivity index (χ3v) is 4.17. The summed E-state index contributed by atoms with van der Waals surface area (Å²) in [6.07, 6.45) is 1.76. The van der Waals surface area contributed by atoms with E-state index in [4.69, 9.17) is 5.73 Å². The second kappa shape index (κ2) is 6.85. The maximum atomic E-state index is 12.3. The minimum atomic E-state index is -0.256. The number of hydrogen-bond donors (Lipinski definition) is 1. The number of amides is 1. The zero-order valence-corrected chi connectivity index (χ0v) is 12.8. The molecule has 0 bridgehead atoms. The lowest BCUT2D eigenvalue weighted by Gasteiger charge is -2.30. The fraction of sp³-hybridized carbons (Fsp3) is 0.529. The Kier molecular flexibility index (Phi) is 5.12. The number of nitrogens with two attached hydrogens (primary N) is 1. The van der Waals surface area contributed by atoms with Gasteiger partial charge < -0.3 is 5.73 Å². The number of rotatable bonds is 5. The summed E-state index contributed by atoms with van der Waals surface area (Å²) in [5.74, 6) is 0.200. The fourth-order valence-corrected chi connectivity index (χ4v) is 2.78. The number of carbonyl (C=O) groups is 2. The first-order valence-corrected chi connectivity index (χ1v) is 7.62. The van der Waals surface area contributed by atoms with E-state index in [1.54, 1.807) is 0 Å². The van der Waals surface area contributed by atoms with Crippen molar-refractivity contribution in [1.82, 2.24) is 4.90 Å². The quantitative estimate of drug-likeness (QED) is 0.845. The van der Waals surface area contributed by atoms with Crippen LogP contribution >= 0.6 is 0 Å². The summed E-state index contributed by atoms with van der Waals surface area (Å²) in [6, 6.07) is 7.82. The molecule has 2 rings (SSSR count). The van der Waals surface area contributed by atoms with Crippen molar-refractivity contribution in [2.45, 2.75) is 32.6 Å². The molecule has 4 nitrogen and oxygen atoms in total. The Morgan fingerprint density at radius 2 is 1.95 bits per heavy atom. The molecule has 2 N–H and O–H groups in total. The highest BCUT2D eigenvalue weighted by molar-refractivity contribution is 5.97. The van der Waals surface area contributed by atoms with Gasteiger partial charge in [-0.05, 0) is 30.9 Å². The summed E-state index contributed by atoms with van der Waals surface area (Å²) in [5.41, 5.74) is 7.34. The van der Waals surface area contributed by atoms with Crippen LogP contribution in [0.5, 0.6) is 0 Å². The van der Waals surface area contributed by atoms with Crippen LogP contribution in [0.1, 0.15) is 48.5 Å². The van der Waals surface area contributed by atoms with Gasteiger partial charge in [-0.15, -0.1) is 0 Å². The van der Waals surface area contributed by atoms with Crippen molar-refractivity contribution in [2.75, 3.05) is 19.6 Å². The molecule has 0 spiro atoms. The first-order chi connectivity index (χ1) is 9.97. The van der Waals surface area contributed by atoms with Crippen molar-refractivity contribution in [3.8, 4) is 0 Å². The Morgan fingerprint density at radius 3 is 2.52 bits per heavy atom. The van der Waals surface area contributed by atoms with E-state index in [0.29, 0.717) is 19.0 Å². The maximum absolute atomic E-state index is 12.3. The highest BCUT2D eigenvalue weighted by Gasteiger charge is 2.25. The molecular weight excluding hydrogens is 264 g/mol. The molecule has 1 fully saturated rings. The number of carbonyl (C=O) groups excluding carboxylic acids is 2. The van der Waals surface area contributed by atoms with E-state index in [0.717, 1.165) is 24.9 Å². The second-order valence-electron chi connectivity index (χ2n) is 6.18. The molecule has 0 aromatic heterocycles. The van der Waals surface area contributed by atoms with Gasteiger partial charge in [0, 0.05) is 12.1 Å². The van der Waals surface area contributed by atoms with E-state index in [-0.39, 0.29) is 17.6 Å². The van der Waals surface area contributed by atoms with Gasteiger partial charge in [0.2, 0.25) is 5.91 Å². The molecule has 1 atom stereocenters. The smallest absolute Gasteiger partial charge is 0.221 e. The first kappa shape index (κ1) is 15.7. The van der Waals surface area contributed by atoms with Crippen molar-refractivity contribution < 1.29 is 9.59 Å². The van der Waals surface area contributed by atoms with Crippen LogP contribution in [0.3, 0.4) is 0 Å². The Hall–Kier alpha value is -1.68. The molecule has 1 aliphatic heterocycles. The summed E-state index contributed by atoms with van der Waals surface area (Å²) in [7, 11) is 0. The Labute approximate surface area is 126 Å². The van der Waals surface area contributed by atoms with Crippen LogP contribution in [0.15, 0.2) is 24.3 Å². The second-order valence-corrected chi connectivity index (χ2v) is 6.18. The molecule has 0 radical (unpaired) electrons. The van der Waals surface area contributed by atoms with Crippen LogP contribution in [0.25, 0.3) is 0 Å². The molecule has 0 aliphatic carbocycles. The SMILES string of the molecule is CC(C)c1ccc(C(=O)CN2CCCC(C(N)=O)C2)cc1. The number of piperidine rings is 1. The van der Waals surface area contributed by atoms with Gasteiger partial charge in [-0.2, -0.15) is 0 Å². The number of benzene rings is 1. The fourth-order valence-electron chi connectivity index (χ4n) is 2.78. The van der Waals surface area contributed by atoms with Crippen LogP contribution in [0, 0.1) is 5.92 Å². The predicted octanol–water partition coefficient (Wildman–Crippen LogP) is 2.19. The Morgan fingerprint density at radius 1 is 1.29 bits per heavy atom. The first-order valence-electron chi connectivity index (χ1n) is 7.62. The van der Waals surface area contributed by atoms with Crippen molar-refractivity contribution in [1.29, 1.82) is 0 Å². The summed E-state index contributed by atoms with van der Waals surface area (Å²) in [4.78, 5) is 25.6. The monoisotopic (exact) mass is 288 g/mol. The molecular formula is C17H24N2O2. The normalized spacial score (nSPS) is 19.7. The van der Waals surface area contributed by atoms with Crippen LogP contribution in [0.2, 0.25) is 0 Å². The molecule has 114 valence electrons. The summed E-state index contributed by atoms with van der Waals surface area (Å²) < 4.78 is 0. The Bertz CT molecular complexity index is 508. The minimum absolute atomic E-state index is 0.107. The number of nitrogens with zero attached hydrogens (tertiary/aromatic N) is 1. The summed E-state index contributed by atoms with van der Waals surface area (Å²) in [6.45, 7) is 6.10. The van der Waals surface area contributed by atoms with E-state index in [9.17, 15) is 9.59 Å². The molecule has 4 heteroatoms. The van der Waals surface area contributed by atoms with Crippen LogP contribution in [-0.2, 0) is 4.79 Å². The number of ketones is 1. The molecule has 1 amide bonds. The average Bonchev–Trinajstić information content (AvgIpc) is 2.47. The van der Waals surface area contributed by atoms with Gasteiger partial charge >= 0.3 is 0 Å². The molecule has 1 aromatic rings. The van der Waals surface area contributed by atoms with Gasteiger partial charge in [0.25, 0.3) is 0 Å². The highest BCUT2D eigenvalue weighted by Crippen LogP contribution is 2.18. The van der Waals surface area contributed by atoms with Gasteiger partial charge in [0.15, 0.2) is 5.78 Å². The number of likely N-dealkylation sites (tertiary alicyclic amines) is 1. The average molecular weight is 288 g/mol. The number of hydrogen-bond acceptors (Lipinski definition) is 3. The molecule has 1 saturated heterocycles. The summed E-state index contributed by atoms with van der Waals surface area (Å²) in [5, 5.41) is 0. The van der Waals surface area contributed by atoms with Gasteiger partial charge in [0.05, 0.1) is 12.5 Å². The van der Waals surface area contributed by atoms with Gasteiger partial charge in [-0.1, -0.05) is 38.1 Å². The molecule has 1 aromatic carbocycles. The van der Waals surface area contributed by atoms with Crippen LogP contribution in [-0.4, -0.2) is 36.2 Å². The topological polar surface area (TPSA) is 63.4 Å². The van der Waals surface area contributed by atoms with E-state index in [2.05, 4.69) is 13.8 Å². The lowest BCUT2D eigenvalue weighted by Crippen LogP contribution is -2.43. The molecule has 0 saturated carbocycles. The van der Waals surface area contributed by atoms with Crippen LogP contribution in [0.4, 0.5) is 0 Å². The number of Topliss-reactive ketones (excluding diaryl/α,β-unsaturated/α-hetero) is 1. The third-order valence-electron chi connectivity index (χ3n) is 4.17. The molecule has 1 heterocycles. The molecule has 1 unspecified atom stereocenters. The lowest BCUT2D eigenvalue weighted by molar-refractivity contribution is -0.123. The maximum Gasteiger partial charge on any atom is 0.221 e. The van der Waals surface area contributed by atoms with Crippen molar-refractivity contribution in [2.24, 2.45) is 11.7 Å². The largest absolute Gasteiger partial charge is 0.369 e. The van der Waals surface area contributed by atoms with Crippen molar-refractivity contribution in [3.63, 3.8) is 0 Å². The summed E-state index contributed by atoms with van der Waals surface area (Å²) >= 11 is 0. The zero-order valence-electron chi connectivity index (χ0n) is 12.8. The van der Waals surface area contributed by atoms with Crippen molar-refractivity contribution in [3.05, 3.63) is 35.4 Å². The Balaban J connectivity index is 1.96. The van der Waals surface area contributed by atoms with Crippen LogP contribution < -0.4 is 5.73 Å². The van der Waals surface area contributed by atoms with E-state index >= 15 is 0 Å². The van der Waals surface area contributed by atoms with E-state index < -0.39 is 0 Å².